The number of carbonyl (C=O) groups is 1. The Morgan fingerprint density at radius 3 is 2.75 bits per heavy atom. The summed E-state index contributed by atoms with van der Waals surface area (Å²) in [4.78, 5) is 11.6. The van der Waals surface area contributed by atoms with Crippen LogP contribution in [0.3, 0.4) is 0 Å². The van der Waals surface area contributed by atoms with Gasteiger partial charge in [-0.2, -0.15) is 0 Å². The summed E-state index contributed by atoms with van der Waals surface area (Å²) < 4.78 is 17.9. The summed E-state index contributed by atoms with van der Waals surface area (Å²) in [6.07, 6.45) is 0. The number of carbonyl (C=O) groups excluding carboxylic acids is 1. The van der Waals surface area contributed by atoms with Gasteiger partial charge < -0.3 is 15.5 Å². The number of benzene rings is 1. The highest BCUT2D eigenvalue weighted by Gasteiger charge is 2.08. The average molecular weight is 296 g/mol. The van der Waals surface area contributed by atoms with Crippen LogP contribution in [0.15, 0.2) is 33.9 Å². The summed E-state index contributed by atoms with van der Waals surface area (Å²) in [6.45, 7) is 0.516. The number of amides is 1. The molecule has 20 heavy (non-hydrogen) atoms. The average Bonchev–Trinajstić information content (AvgIpc) is 2.92. The number of hydrogen-bond donors (Lipinski definition) is 2. The van der Waals surface area contributed by atoms with E-state index in [0.717, 1.165) is 17.3 Å². The molecule has 0 spiro atoms. The molecule has 0 bridgehead atoms. The fraction of sp³-hybridized carbons (Fsp3) is 0.250. The summed E-state index contributed by atoms with van der Waals surface area (Å²) >= 11 is 1.13. The Hall–Kier alpha value is -1.93. The number of nitrogens with one attached hydrogen (secondary N) is 1. The first-order valence-electron chi connectivity index (χ1n) is 5.84. The van der Waals surface area contributed by atoms with Crippen LogP contribution in [0.25, 0.3) is 0 Å². The predicted octanol–water partition coefficient (Wildman–Crippen LogP) is 1.08. The van der Waals surface area contributed by atoms with E-state index < -0.39 is 0 Å². The maximum atomic E-state index is 12.7. The molecule has 0 atom stereocenters. The molecule has 0 saturated carbocycles. The van der Waals surface area contributed by atoms with Gasteiger partial charge in [0.25, 0.3) is 5.22 Å². The number of nitrogens with zero attached hydrogens (tertiary/aromatic N) is 2. The van der Waals surface area contributed by atoms with Crippen molar-refractivity contribution in [3.63, 3.8) is 0 Å². The molecule has 0 saturated heterocycles. The van der Waals surface area contributed by atoms with Crippen molar-refractivity contribution < 1.29 is 13.6 Å². The predicted molar refractivity (Wildman–Crippen MR) is 71.2 cm³/mol. The van der Waals surface area contributed by atoms with Crippen molar-refractivity contribution in [1.82, 2.24) is 15.5 Å². The van der Waals surface area contributed by atoms with Crippen molar-refractivity contribution >= 4 is 17.7 Å². The van der Waals surface area contributed by atoms with Crippen molar-refractivity contribution in [2.45, 2.75) is 18.3 Å². The van der Waals surface area contributed by atoms with E-state index in [1.54, 1.807) is 12.1 Å². The standard InChI is InChI=1S/C12H13FN4O2S/c13-9-3-1-8(2-4-9)6-15-10(18)7-20-12-17-16-11(5-14)19-12/h1-4H,5-7,14H2,(H,15,18). The van der Waals surface area contributed by atoms with Crippen LogP contribution < -0.4 is 11.1 Å². The van der Waals surface area contributed by atoms with Gasteiger partial charge in [0.1, 0.15) is 5.82 Å². The van der Waals surface area contributed by atoms with Gasteiger partial charge in [0, 0.05) is 6.54 Å². The molecule has 106 valence electrons. The van der Waals surface area contributed by atoms with Crippen LogP contribution in [-0.2, 0) is 17.9 Å². The van der Waals surface area contributed by atoms with E-state index in [1.807, 2.05) is 0 Å². The maximum Gasteiger partial charge on any atom is 0.277 e. The summed E-state index contributed by atoms with van der Waals surface area (Å²) in [6, 6.07) is 5.94. The van der Waals surface area contributed by atoms with E-state index in [4.69, 9.17) is 10.2 Å². The molecule has 0 fully saturated rings. The van der Waals surface area contributed by atoms with Crippen molar-refractivity contribution in [2.75, 3.05) is 5.75 Å². The molecule has 0 aliphatic heterocycles. The quantitative estimate of drug-likeness (QED) is 0.775. The molecule has 1 aromatic carbocycles. The lowest BCUT2D eigenvalue weighted by Gasteiger charge is -2.04. The zero-order valence-electron chi connectivity index (χ0n) is 10.5. The Labute approximate surface area is 118 Å². The van der Waals surface area contributed by atoms with Gasteiger partial charge in [-0.15, -0.1) is 10.2 Å². The minimum absolute atomic E-state index is 0.160. The van der Waals surface area contributed by atoms with Gasteiger partial charge in [0.05, 0.1) is 12.3 Å². The van der Waals surface area contributed by atoms with Crippen LogP contribution in [0.2, 0.25) is 0 Å². The lowest BCUT2D eigenvalue weighted by molar-refractivity contribution is -0.118. The molecule has 1 amide bonds. The van der Waals surface area contributed by atoms with E-state index in [1.165, 1.54) is 12.1 Å². The van der Waals surface area contributed by atoms with Crippen LogP contribution in [0, 0.1) is 5.82 Å². The van der Waals surface area contributed by atoms with Crippen LogP contribution >= 0.6 is 11.8 Å². The molecule has 0 aliphatic carbocycles. The lowest BCUT2D eigenvalue weighted by atomic mass is 10.2. The van der Waals surface area contributed by atoms with Gasteiger partial charge in [0.15, 0.2) is 0 Å². The fourth-order valence-corrected chi connectivity index (χ4v) is 1.97. The third-order valence-electron chi connectivity index (χ3n) is 2.35. The molecular formula is C12H13FN4O2S. The second kappa shape index (κ2) is 7.01. The third-order valence-corrected chi connectivity index (χ3v) is 3.17. The van der Waals surface area contributed by atoms with Gasteiger partial charge in [0.2, 0.25) is 11.8 Å². The molecule has 1 heterocycles. The van der Waals surface area contributed by atoms with E-state index >= 15 is 0 Å². The molecule has 0 unspecified atom stereocenters. The minimum atomic E-state index is -0.303. The highest BCUT2D eigenvalue weighted by atomic mass is 32.2. The Morgan fingerprint density at radius 1 is 1.35 bits per heavy atom. The van der Waals surface area contributed by atoms with E-state index in [2.05, 4.69) is 15.5 Å². The van der Waals surface area contributed by atoms with Gasteiger partial charge in [-0.25, -0.2) is 4.39 Å². The summed E-state index contributed by atoms with van der Waals surface area (Å²) in [5, 5.41) is 10.4. The number of nitrogens with two attached hydrogens (primary N) is 1. The second-order valence-electron chi connectivity index (χ2n) is 3.86. The van der Waals surface area contributed by atoms with E-state index in [-0.39, 0.29) is 24.0 Å². The minimum Gasteiger partial charge on any atom is -0.415 e. The van der Waals surface area contributed by atoms with Crippen LogP contribution in [-0.4, -0.2) is 21.9 Å². The van der Waals surface area contributed by atoms with Crippen molar-refractivity contribution in [2.24, 2.45) is 5.73 Å². The second-order valence-corrected chi connectivity index (χ2v) is 4.78. The number of halogens is 1. The van der Waals surface area contributed by atoms with Crippen LogP contribution in [0.4, 0.5) is 4.39 Å². The van der Waals surface area contributed by atoms with Gasteiger partial charge >= 0.3 is 0 Å². The molecule has 0 radical (unpaired) electrons. The summed E-state index contributed by atoms with van der Waals surface area (Å²) in [7, 11) is 0. The number of rotatable bonds is 6. The SMILES string of the molecule is NCc1nnc(SCC(=O)NCc2ccc(F)cc2)o1. The first kappa shape index (κ1) is 14.5. The highest BCUT2D eigenvalue weighted by molar-refractivity contribution is 7.99. The highest BCUT2D eigenvalue weighted by Crippen LogP contribution is 2.15. The smallest absolute Gasteiger partial charge is 0.277 e. The van der Waals surface area contributed by atoms with Gasteiger partial charge in [-0.3, -0.25) is 4.79 Å². The Morgan fingerprint density at radius 2 is 2.10 bits per heavy atom. The zero-order valence-corrected chi connectivity index (χ0v) is 11.3. The normalized spacial score (nSPS) is 10.5. The lowest BCUT2D eigenvalue weighted by Crippen LogP contribution is -2.24. The van der Waals surface area contributed by atoms with Crippen molar-refractivity contribution in [3.05, 3.63) is 41.5 Å². The molecule has 2 rings (SSSR count). The topological polar surface area (TPSA) is 94.0 Å². The summed E-state index contributed by atoms with van der Waals surface area (Å²) in [5.41, 5.74) is 6.16. The van der Waals surface area contributed by atoms with Gasteiger partial charge in [-0.1, -0.05) is 23.9 Å². The van der Waals surface area contributed by atoms with Crippen LogP contribution in [0.1, 0.15) is 11.5 Å². The Bertz CT molecular complexity index is 573. The van der Waals surface area contributed by atoms with Crippen molar-refractivity contribution in [1.29, 1.82) is 0 Å². The summed E-state index contributed by atoms with van der Waals surface area (Å²) in [5.74, 6) is 0.0155. The van der Waals surface area contributed by atoms with E-state index in [0.29, 0.717) is 17.7 Å². The molecule has 0 aliphatic rings. The molecule has 6 nitrogen and oxygen atoms in total. The first-order valence-corrected chi connectivity index (χ1v) is 6.82. The third kappa shape index (κ3) is 4.32. The fourth-order valence-electron chi connectivity index (χ4n) is 1.36. The van der Waals surface area contributed by atoms with Crippen LogP contribution in [0.5, 0.6) is 0 Å². The monoisotopic (exact) mass is 296 g/mol. The number of hydrogen-bond acceptors (Lipinski definition) is 6. The Kier molecular flexibility index (Phi) is 5.08. The maximum absolute atomic E-state index is 12.7. The molecular weight excluding hydrogens is 283 g/mol. The molecule has 3 N–H and O–H groups in total. The molecule has 2 aromatic rings. The molecule has 1 aromatic heterocycles. The zero-order chi connectivity index (χ0) is 14.4. The number of thioether (sulfide) groups is 1. The largest absolute Gasteiger partial charge is 0.415 e. The Balaban J connectivity index is 1.74. The number of aromatic nitrogens is 2. The van der Waals surface area contributed by atoms with Gasteiger partial charge in [-0.05, 0) is 17.7 Å². The van der Waals surface area contributed by atoms with E-state index in [9.17, 15) is 9.18 Å². The van der Waals surface area contributed by atoms with Crippen molar-refractivity contribution in [3.8, 4) is 0 Å². The molecule has 8 heteroatoms. The first-order chi connectivity index (χ1) is 9.67.